The van der Waals surface area contributed by atoms with Gasteiger partial charge in [-0.2, -0.15) is 0 Å². The van der Waals surface area contributed by atoms with Gasteiger partial charge in [0.05, 0.1) is 11.3 Å². The van der Waals surface area contributed by atoms with Gasteiger partial charge in [0.15, 0.2) is 0 Å². The van der Waals surface area contributed by atoms with Crippen LogP contribution >= 0.6 is 0 Å². The first-order valence-electron chi connectivity index (χ1n) is 3.65. The van der Waals surface area contributed by atoms with Crippen LogP contribution in [0.2, 0.25) is 0 Å². The Bertz CT molecular complexity index is 526. The Labute approximate surface area is 119 Å². The molecule has 1 radical (unpaired) electrons. The van der Waals surface area contributed by atoms with E-state index in [0.717, 1.165) is 6.41 Å². The van der Waals surface area contributed by atoms with Crippen molar-refractivity contribution in [2.75, 3.05) is 0 Å². The average Bonchev–Trinajstić information content (AvgIpc) is 2.36. The molecule has 0 saturated heterocycles. The Kier molecular flexibility index (Phi) is 4.97. The fourth-order valence-electron chi connectivity index (χ4n) is 1.28. The molecule has 83 valence electrons. The molecule has 0 atom stereocenters. The minimum atomic E-state index is -3.99. The summed E-state index contributed by atoms with van der Waals surface area (Å²) in [6, 6.07) is 5.64. The Balaban J connectivity index is 0.00000112. The Morgan fingerprint density at radius 3 is 2.25 bits per heavy atom. The van der Waals surface area contributed by atoms with Gasteiger partial charge in [-0.25, -0.2) is 8.42 Å². The van der Waals surface area contributed by atoms with Crippen LogP contribution in [0.3, 0.4) is 0 Å². The monoisotopic (exact) mass is 314 g/mol. The fourth-order valence-corrected chi connectivity index (χ4v) is 2.57. The van der Waals surface area contributed by atoms with E-state index < -0.39 is 15.9 Å². The summed E-state index contributed by atoms with van der Waals surface area (Å²) >= 11 is 0. The smallest absolute Gasteiger partial charge is 0.241 e. The van der Waals surface area contributed by atoms with E-state index in [1.807, 2.05) is 0 Å². The molecule has 0 spiro atoms. The van der Waals surface area contributed by atoms with Crippen LogP contribution in [-0.2, 0) is 47.5 Å². The first-order chi connectivity index (χ1) is 6.59. The van der Waals surface area contributed by atoms with Crippen molar-refractivity contribution < 1.29 is 50.7 Å². The maximum absolute atomic E-state index is 11.5. The summed E-state index contributed by atoms with van der Waals surface area (Å²) in [6.07, 6.45) is 1.10. The number of imide groups is 1. The largest absolute Gasteiger partial charge is 0.397 e. The predicted octanol–water partition coefficient (Wildman–Crippen LogP) is 0.346. The molecular formula is C9H7NO4SY-2. The minimum Gasteiger partial charge on any atom is -0.397 e. The Morgan fingerprint density at radius 1 is 1.19 bits per heavy atom. The van der Waals surface area contributed by atoms with Crippen molar-refractivity contribution >= 4 is 22.3 Å². The molecule has 16 heavy (non-hydrogen) atoms. The van der Waals surface area contributed by atoms with Crippen LogP contribution in [-0.4, -0.2) is 25.0 Å². The molecule has 1 heterocycles. The number of sulfonamides is 1. The van der Waals surface area contributed by atoms with Crippen LogP contribution in [0.5, 0.6) is 0 Å². The second-order valence-corrected chi connectivity index (χ2v) is 4.42. The third-order valence-corrected chi connectivity index (χ3v) is 3.54. The van der Waals surface area contributed by atoms with Gasteiger partial charge in [-0.15, -0.1) is 0 Å². The number of carbonyl (C=O) groups is 1. The van der Waals surface area contributed by atoms with Gasteiger partial charge < -0.3 is 21.3 Å². The van der Waals surface area contributed by atoms with Gasteiger partial charge in [-0.1, -0.05) is 18.2 Å². The van der Waals surface area contributed by atoms with Crippen LogP contribution in [0.1, 0.15) is 10.4 Å². The number of nitrogens with zero attached hydrogens (tertiary/aromatic N) is 1. The van der Waals surface area contributed by atoms with Gasteiger partial charge in [-0.05, 0) is 11.6 Å². The van der Waals surface area contributed by atoms with Gasteiger partial charge in [-0.3, -0.25) is 0 Å². The zero-order chi connectivity index (χ0) is 10.3. The molecule has 2 rings (SSSR count). The molecule has 1 aliphatic heterocycles. The summed E-state index contributed by atoms with van der Waals surface area (Å²) in [4.78, 5) is 21.5. The number of carbonyl (C=O) groups excluding carboxylic acids is 2. The van der Waals surface area contributed by atoms with Crippen molar-refractivity contribution in [3.63, 3.8) is 0 Å². The maximum atomic E-state index is 11.5. The van der Waals surface area contributed by atoms with Gasteiger partial charge >= 0.3 is 0 Å². The number of hydrogen-bond acceptors (Lipinski definition) is 4. The van der Waals surface area contributed by atoms with Gasteiger partial charge in [0.1, 0.15) is 5.91 Å². The number of hydrogen-bond donors (Lipinski definition) is 0. The molecule has 1 aromatic carbocycles. The quantitative estimate of drug-likeness (QED) is 0.701. The number of rotatable bonds is 1. The van der Waals surface area contributed by atoms with E-state index in [4.69, 9.17) is 0 Å². The zero-order valence-electron chi connectivity index (χ0n) is 8.38. The Hall–Kier alpha value is -0.586. The van der Waals surface area contributed by atoms with Crippen LogP contribution < -0.4 is 0 Å². The number of fused-ring (bicyclic) bond motifs is 1. The van der Waals surface area contributed by atoms with E-state index in [1.54, 1.807) is 0 Å². The third kappa shape index (κ3) is 1.97. The van der Waals surface area contributed by atoms with Crippen LogP contribution in [0, 0.1) is 7.43 Å². The molecule has 1 aromatic rings. The molecule has 0 aliphatic carbocycles. The first kappa shape index (κ1) is 15.4. The summed E-state index contributed by atoms with van der Waals surface area (Å²) in [5.41, 5.74) is 0.0100. The summed E-state index contributed by atoms with van der Waals surface area (Å²) in [7, 11) is -3.99. The van der Waals surface area contributed by atoms with Crippen molar-refractivity contribution in [3.05, 3.63) is 37.3 Å². The van der Waals surface area contributed by atoms with Crippen molar-refractivity contribution in [3.8, 4) is 0 Å². The zero-order valence-corrected chi connectivity index (χ0v) is 12.0. The van der Waals surface area contributed by atoms with Crippen molar-refractivity contribution in [2.24, 2.45) is 0 Å². The van der Waals surface area contributed by atoms with Crippen molar-refractivity contribution in [1.82, 2.24) is 4.31 Å². The van der Waals surface area contributed by atoms with E-state index in [0.29, 0.717) is 0 Å². The molecule has 0 unspecified atom stereocenters. The van der Waals surface area contributed by atoms with E-state index in [2.05, 4.69) is 0 Å². The summed E-state index contributed by atoms with van der Waals surface area (Å²) < 4.78 is 23.0. The molecule has 0 N–H and O–H groups in total. The van der Waals surface area contributed by atoms with Crippen LogP contribution in [0.15, 0.2) is 29.2 Å². The molecule has 2 amide bonds. The standard InChI is InChI=1S/C8H4NO4S.CH3.Y/c10-5-9-8(11)6-3-1-2-4-7(6)14(9,12)13;;/h1-4H;1H3;/q2*-1;. The van der Waals surface area contributed by atoms with Crippen LogP contribution in [0.4, 0.5) is 0 Å². The minimum absolute atomic E-state index is 0. The molecule has 0 fully saturated rings. The van der Waals surface area contributed by atoms with E-state index in [1.165, 1.54) is 24.3 Å². The molecule has 5 nitrogen and oxygen atoms in total. The second-order valence-electron chi connectivity index (χ2n) is 2.66. The Morgan fingerprint density at radius 2 is 1.75 bits per heavy atom. The molecule has 1 aliphatic rings. The first-order valence-corrected chi connectivity index (χ1v) is 5.09. The summed E-state index contributed by atoms with van der Waals surface area (Å²) in [5, 5.41) is 0. The van der Waals surface area contributed by atoms with E-state index >= 15 is 0 Å². The van der Waals surface area contributed by atoms with Crippen molar-refractivity contribution in [2.45, 2.75) is 4.90 Å². The fraction of sp³-hybridized carbons (Fsp3) is 0. The van der Waals surface area contributed by atoms with Crippen molar-refractivity contribution in [1.29, 1.82) is 0 Å². The molecule has 0 aromatic heterocycles. The molecule has 0 saturated carbocycles. The summed E-state index contributed by atoms with van der Waals surface area (Å²) in [6.45, 7) is 0. The van der Waals surface area contributed by atoms with Gasteiger partial charge in [0, 0.05) is 32.7 Å². The normalized spacial score (nSPS) is 15.8. The summed E-state index contributed by atoms with van der Waals surface area (Å²) in [5.74, 6) is -0.851. The average molecular weight is 314 g/mol. The topological polar surface area (TPSA) is 71.5 Å². The van der Waals surface area contributed by atoms with Gasteiger partial charge in [0.25, 0.3) is 0 Å². The maximum Gasteiger partial charge on any atom is 0.241 e. The second kappa shape index (κ2) is 5.16. The molecule has 7 heteroatoms. The number of benzene rings is 1. The number of amides is 2. The molecular weight excluding hydrogens is 307 g/mol. The van der Waals surface area contributed by atoms with E-state index in [-0.39, 0.29) is 54.9 Å². The van der Waals surface area contributed by atoms with E-state index in [9.17, 15) is 18.0 Å². The molecule has 0 bridgehead atoms. The SMILES string of the molecule is O=[C-]N1C(=O)c2ccccc2S1(=O)=O.[CH3-].[Y]. The predicted molar refractivity (Wildman–Crippen MR) is 51.9 cm³/mol. The van der Waals surface area contributed by atoms with Crippen LogP contribution in [0.25, 0.3) is 0 Å². The van der Waals surface area contributed by atoms with Gasteiger partial charge in [0.2, 0.25) is 10.0 Å². The third-order valence-electron chi connectivity index (χ3n) is 1.90.